The van der Waals surface area contributed by atoms with Gasteiger partial charge in [-0.1, -0.05) is 0 Å². The molecular formula is C7H16N4O2. The Bertz CT molecular complexity index is 170. The summed E-state index contributed by atoms with van der Waals surface area (Å²) in [4.78, 5) is 11.2. The first kappa shape index (κ1) is 10.2. The van der Waals surface area contributed by atoms with Crippen molar-refractivity contribution in [3.05, 3.63) is 0 Å². The van der Waals surface area contributed by atoms with Crippen molar-refractivity contribution in [2.45, 2.75) is 26.0 Å². The van der Waals surface area contributed by atoms with E-state index in [2.05, 4.69) is 10.9 Å². The topological polar surface area (TPSA) is 79.6 Å². The van der Waals surface area contributed by atoms with Gasteiger partial charge in [0.25, 0.3) is 0 Å². The summed E-state index contributed by atoms with van der Waals surface area (Å²) in [6.45, 7) is 3.13. The molecule has 0 aromatic rings. The van der Waals surface area contributed by atoms with E-state index in [0.29, 0.717) is 6.54 Å². The number of ether oxygens (including phenoxy) is 1. The lowest BCUT2D eigenvalue weighted by atomic mass is 10.2. The number of hydrogen-bond donors (Lipinski definition) is 3. The van der Waals surface area contributed by atoms with E-state index in [9.17, 15) is 4.79 Å². The van der Waals surface area contributed by atoms with Crippen LogP contribution in [0, 0.1) is 0 Å². The number of hydrazine groups is 2. The first-order valence-corrected chi connectivity index (χ1v) is 4.45. The molecule has 0 aromatic heterocycles. The lowest BCUT2D eigenvalue weighted by molar-refractivity contribution is 0.0255. The van der Waals surface area contributed by atoms with Crippen LogP contribution in [-0.4, -0.2) is 30.4 Å². The molecule has 1 heterocycles. The Balaban J connectivity index is 2.26. The lowest BCUT2D eigenvalue weighted by Crippen LogP contribution is -2.50. The van der Waals surface area contributed by atoms with Crippen LogP contribution in [0.5, 0.6) is 0 Å². The number of amides is 1. The van der Waals surface area contributed by atoms with Crippen molar-refractivity contribution < 1.29 is 9.53 Å². The molecule has 0 radical (unpaired) electrons. The van der Waals surface area contributed by atoms with Gasteiger partial charge >= 0.3 is 6.09 Å². The molecule has 1 rings (SSSR count). The summed E-state index contributed by atoms with van der Waals surface area (Å²) in [5.74, 6) is 5.34. The zero-order chi connectivity index (χ0) is 9.68. The molecule has 1 fully saturated rings. The van der Waals surface area contributed by atoms with Gasteiger partial charge in [-0.2, -0.15) is 0 Å². The number of hydrogen-bond acceptors (Lipinski definition) is 5. The maximum Gasteiger partial charge on any atom is 0.425 e. The zero-order valence-corrected chi connectivity index (χ0v) is 7.75. The molecule has 0 spiro atoms. The van der Waals surface area contributed by atoms with Crippen LogP contribution >= 0.6 is 0 Å². The molecule has 1 unspecified atom stereocenters. The summed E-state index contributed by atoms with van der Waals surface area (Å²) >= 11 is 0. The molecule has 76 valence electrons. The molecule has 1 amide bonds. The number of nitrogens with zero attached hydrogens (tertiary/aromatic N) is 1. The van der Waals surface area contributed by atoms with E-state index < -0.39 is 6.09 Å². The standard InChI is InChI=1S/C7H16N4O2/c1-2-11(8)7(12)13-6-4-3-5-9-10-6/h6,9-10H,2-5,8H2,1H3. The van der Waals surface area contributed by atoms with Crippen LogP contribution in [0.15, 0.2) is 0 Å². The van der Waals surface area contributed by atoms with Crippen molar-refractivity contribution in [1.82, 2.24) is 15.9 Å². The largest absolute Gasteiger partial charge is 0.428 e. The van der Waals surface area contributed by atoms with E-state index in [1.165, 1.54) is 0 Å². The lowest BCUT2D eigenvalue weighted by Gasteiger charge is -2.25. The smallest absolute Gasteiger partial charge is 0.425 e. The Morgan fingerprint density at radius 1 is 1.77 bits per heavy atom. The number of nitrogens with one attached hydrogen (secondary N) is 2. The fraction of sp³-hybridized carbons (Fsp3) is 0.857. The Labute approximate surface area is 77.3 Å². The van der Waals surface area contributed by atoms with Crippen molar-refractivity contribution in [2.75, 3.05) is 13.1 Å². The second-order valence-electron chi connectivity index (χ2n) is 2.87. The Kier molecular flexibility index (Phi) is 3.94. The van der Waals surface area contributed by atoms with E-state index in [-0.39, 0.29) is 6.23 Å². The first-order valence-electron chi connectivity index (χ1n) is 4.45. The van der Waals surface area contributed by atoms with Crippen LogP contribution in [0.3, 0.4) is 0 Å². The van der Waals surface area contributed by atoms with Crippen molar-refractivity contribution in [3.8, 4) is 0 Å². The van der Waals surface area contributed by atoms with Gasteiger partial charge in [0.05, 0.1) is 0 Å². The van der Waals surface area contributed by atoms with Crippen molar-refractivity contribution in [2.24, 2.45) is 5.84 Å². The molecule has 13 heavy (non-hydrogen) atoms. The third-order valence-electron chi connectivity index (χ3n) is 1.85. The summed E-state index contributed by atoms with van der Waals surface area (Å²) in [5, 5.41) is 1.04. The number of rotatable bonds is 2. The van der Waals surface area contributed by atoms with Crippen LogP contribution in [0.2, 0.25) is 0 Å². The monoisotopic (exact) mass is 188 g/mol. The van der Waals surface area contributed by atoms with Gasteiger partial charge in [0.1, 0.15) is 0 Å². The van der Waals surface area contributed by atoms with Gasteiger partial charge in [0.2, 0.25) is 0 Å². The van der Waals surface area contributed by atoms with Crippen LogP contribution in [0.25, 0.3) is 0 Å². The van der Waals surface area contributed by atoms with E-state index in [1.54, 1.807) is 6.92 Å². The fourth-order valence-electron chi connectivity index (χ4n) is 1.04. The van der Waals surface area contributed by atoms with E-state index in [4.69, 9.17) is 10.6 Å². The fourth-order valence-corrected chi connectivity index (χ4v) is 1.04. The second kappa shape index (κ2) is 5.00. The van der Waals surface area contributed by atoms with Crippen molar-refractivity contribution >= 4 is 6.09 Å². The second-order valence-corrected chi connectivity index (χ2v) is 2.87. The molecule has 1 saturated heterocycles. The van der Waals surface area contributed by atoms with Gasteiger partial charge < -0.3 is 4.74 Å². The highest BCUT2D eigenvalue weighted by atomic mass is 16.6. The molecule has 0 aromatic carbocycles. The zero-order valence-electron chi connectivity index (χ0n) is 7.75. The molecule has 0 saturated carbocycles. The molecule has 1 aliphatic rings. The van der Waals surface area contributed by atoms with E-state index in [0.717, 1.165) is 24.4 Å². The summed E-state index contributed by atoms with van der Waals surface area (Å²) in [7, 11) is 0. The number of carbonyl (C=O) groups excluding carboxylic acids is 1. The molecule has 0 bridgehead atoms. The molecule has 1 atom stereocenters. The molecule has 4 N–H and O–H groups in total. The Morgan fingerprint density at radius 2 is 2.54 bits per heavy atom. The molecular weight excluding hydrogens is 172 g/mol. The predicted molar refractivity (Wildman–Crippen MR) is 47.2 cm³/mol. The summed E-state index contributed by atoms with van der Waals surface area (Å²) in [6.07, 6.45) is 1.04. The molecule has 0 aliphatic carbocycles. The minimum atomic E-state index is -0.497. The number of nitrogens with two attached hydrogens (primary N) is 1. The maximum absolute atomic E-state index is 11.2. The van der Waals surface area contributed by atoms with Gasteiger partial charge in [0.15, 0.2) is 6.23 Å². The average Bonchev–Trinajstić information content (AvgIpc) is 2.18. The predicted octanol–water partition coefficient (Wildman–Crippen LogP) is -0.467. The highest BCUT2D eigenvalue weighted by Crippen LogP contribution is 2.03. The van der Waals surface area contributed by atoms with Crippen LogP contribution in [0.4, 0.5) is 4.79 Å². The third kappa shape index (κ3) is 3.17. The van der Waals surface area contributed by atoms with E-state index >= 15 is 0 Å². The summed E-state index contributed by atoms with van der Waals surface area (Å²) in [6, 6.07) is 0. The van der Waals surface area contributed by atoms with Crippen molar-refractivity contribution in [3.63, 3.8) is 0 Å². The summed E-state index contributed by atoms with van der Waals surface area (Å²) < 4.78 is 5.03. The first-order chi connectivity index (χ1) is 6.24. The Hall–Kier alpha value is -0.850. The van der Waals surface area contributed by atoms with E-state index in [1.807, 2.05) is 0 Å². The van der Waals surface area contributed by atoms with Gasteiger partial charge in [-0.25, -0.2) is 21.1 Å². The van der Waals surface area contributed by atoms with Gasteiger partial charge in [-0.05, 0) is 13.3 Å². The van der Waals surface area contributed by atoms with Crippen LogP contribution in [0.1, 0.15) is 19.8 Å². The molecule has 6 heteroatoms. The average molecular weight is 188 g/mol. The molecule has 6 nitrogen and oxygen atoms in total. The van der Waals surface area contributed by atoms with Crippen LogP contribution in [-0.2, 0) is 4.74 Å². The van der Waals surface area contributed by atoms with Gasteiger partial charge in [0, 0.05) is 19.5 Å². The SMILES string of the molecule is CCN(N)C(=O)OC1CCCNN1. The van der Waals surface area contributed by atoms with Crippen molar-refractivity contribution in [1.29, 1.82) is 0 Å². The normalized spacial score (nSPS) is 22.5. The maximum atomic E-state index is 11.2. The minimum Gasteiger partial charge on any atom is -0.428 e. The Morgan fingerprint density at radius 3 is 3.08 bits per heavy atom. The quantitative estimate of drug-likeness (QED) is 0.310. The number of carbonyl (C=O) groups is 1. The van der Waals surface area contributed by atoms with Crippen LogP contribution < -0.4 is 16.7 Å². The molecule has 1 aliphatic heterocycles. The highest BCUT2D eigenvalue weighted by molar-refractivity contribution is 5.66. The van der Waals surface area contributed by atoms with Gasteiger partial charge in [-0.3, -0.25) is 5.43 Å². The summed E-state index contributed by atoms with van der Waals surface area (Å²) in [5.41, 5.74) is 5.76. The third-order valence-corrected chi connectivity index (χ3v) is 1.85. The van der Waals surface area contributed by atoms with Gasteiger partial charge in [-0.15, -0.1) is 0 Å². The highest BCUT2D eigenvalue weighted by Gasteiger charge is 2.18. The minimum absolute atomic E-state index is 0.265.